The zero-order valence-corrected chi connectivity index (χ0v) is 12.4. The van der Waals surface area contributed by atoms with Crippen LogP contribution in [0.4, 0.5) is 5.69 Å². The Balaban J connectivity index is 1.80. The average molecular weight is 286 g/mol. The zero-order valence-electron chi connectivity index (χ0n) is 12.4. The number of anilines is 1. The Morgan fingerprint density at radius 3 is 3.05 bits per heavy atom. The molecule has 1 aromatic heterocycles. The van der Waals surface area contributed by atoms with Gasteiger partial charge in [0.15, 0.2) is 5.82 Å². The summed E-state index contributed by atoms with van der Waals surface area (Å²) >= 11 is 0. The molecule has 1 aromatic carbocycles. The number of fused-ring (bicyclic) bond motifs is 1. The highest BCUT2D eigenvalue weighted by Gasteiger charge is 2.23. The second-order valence-electron chi connectivity index (χ2n) is 5.65. The van der Waals surface area contributed by atoms with E-state index in [2.05, 4.69) is 51.6 Å². The number of tetrazole rings is 1. The molecule has 0 aliphatic carbocycles. The number of para-hydroxylation sites is 1. The van der Waals surface area contributed by atoms with Gasteiger partial charge in [0.05, 0.1) is 6.54 Å². The summed E-state index contributed by atoms with van der Waals surface area (Å²) < 4.78 is 1.91. The summed E-state index contributed by atoms with van der Waals surface area (Å²) in [6, 6.07) is 8.62. The molecule has 0 spiro atoms. The topological polar surface area (TPSA) is 72.9 Å². The van der Waals surface area contributed by atoms with E-state index >= 15 is 0 Å². The number of hydrogen-bond acceptors (Lipinski definition) is 5. The molecule has 2 aromatic rings. The van der Waals surface area contributed by atoms with E-state index in [1.165, 1.54) is 11.3 Å². The number of benzene rings is 1. The van der Waals surface area contributed by atoms with Crippen molar-refractivity contribution in [3.8, 4) is 0 Å². The highest BCUT2D eigenvalue weighted by atomic mass is 15.5. The molecule has 0 fully saturated rings. The highest BCUT2D eigenvalue weighted by molar-refractivity contribution is 5.56. The lowest BCUT2D eigenvalue weighted by Gasteiger charge is -2.34. The third kappa shape index (κ3) is 3.05. The summed E-state index contributed by atoms with van der Waals surface area (Å²) in [6.45, 7) is 4.60. The molecular weight excluding hydrogens is 264 g/mol. The van der Waals surface area contributed by atoms with Crippen LogP contribution in [0, 0.1) is 0 Å². The standard InChI is InChI=1S/C15H22N6/c1-2-3-8-21-15(17-18-19-21)11-20-10-13(16)9-12-6-4-5-7-14(12)20/h4-7,13H,2-3,8-11,16H2,1H3. The number of nitrogens with two attached hydrogens (primary N) is 1. The minimum absolute atomic E-state index is 0.167. The lowest BCUT2D eigenvalue weighted by atomic mass is 9.98. The summed E-state index contributed by atoms with van der Waals surface area (Å²) in [5.41, 5.74) is 8.75. The third-order valence-electron chi connectivity index (χ3n) is 3.93. The fraction of sp³-hybridized carbons (Fsp3) is 0.533. The first-order valence-corrected chi connectivity index (χ1v) is 7.61. The molecule has 2 N–H and O–H groups in total. The van der Waals surface area contributed by atoms with Crippen LogP contribution in [0.25, 0.3) is 0 Å². The monoisotopic (exact) mass is 286 g/mol. The fourth-order valence-corrected chi connectivity index (χ4v) is 2.86. The predicted octanol–water partition coefficient (Wildman–Crippen LogP) is 1.36. The Morgan fingerprint density at radius 2 is 2.19 bits per heavy atom. The maximum absolute atomic E-state index is 6.19. The van der Waals surface area contributed by atoms with E-state index in [0.29, 0.717) is 6.54 Å². The molecule has 6 nitrogen and oxygen atoms in total. The largest absolute Gasteiger partial charge is 0.362 e. The maximum atomic E-state index is 6.19. The molecule has 1 aliphatic rings. The lowest BCUT2D eigenvalue weighted by Crippen LogP contribution is -2.43. The summed E-state index contributed by atoms with van der Waals surface area (Å²) in [6.07, 6.45) is 3.16. The Kier molecular flexibility index (Phi) is 4.15. The molecule has 2 heterocycles. The van der Waals surface area contributed by atoms with E-state index in [-0.39, 0.29) is 6.04 Å². The molecule has 21 heavy (non-hydrogen) atoms. The lowest BCUT2D eigenvalue weighted by molar-refractivity contribution is 0.519. The van der Waals surface area contributed by atoms with E-state index in [0.717, 1.165) is 38.2 Å². The summed E-state index contributed by atoms with van der Waals surface area (Å²) in [5, 5.41) is 12.1. The first-order valence-electron chi connectivity index (χ1n) is 7.61. The van der Waals surface area contributed by atoms with Crippen LogP contribution in [0.5, 0.6) is 0 Å². The van der Waals surface area contributed by atoms with Crippen LogP contribution in [0.2, 0.25) is 0 Å². The van der Waals surface area contributed by atoms with Crippen molar-refractivity contribution in [3.05, 3.63) is 35.7 Å². The van der Waals surface area contributed by atoms with Crippen molar-refractivity contribution in [2.24, 2.45) is 5.73 Å². The van der Waals surface area contributed by atoms with Crippen molar-refractivity contribution in [1.82, 2.24) is 20.2 Å². The summed E-state index contributed by atoms with van der Waals surface area (Å²) in [4.78, 5) is 2.29. The van der Waals surface area contributed by atoms with E-state index in [1.54, 1.807) is 0 Å². The molecule has 0 radical (unpaired) electrons. The van der Waals surface area contributed by atoms with Crippen molar-refractivity contribution >= 4 is 5.69 Å². The normalized spacial score (nSPS) is 17.8. The van der Waals surface area contributed by atoms with Crippen LogP contribution in [0.3, 0.4) is 0 Å². The van der Waals surface area contributed by atoms with Gasteiger partial charge in [-0.25, -0.2) is 4.68 Å². The molecule has 1 unspecified atom stereocenters. The summed E-state index contributed by atoms with van der Waals surface area (Å²) in [5.74, 6) is 0.910. The molecule has 0 saturated heterocycles. The smallest absolute Gasteiger partial charge is 0.170 e. The molecule has 0 saturated carbocycles. The Bertz CT molecular complexity index is 593. The average Bonchev–Trinajstić information content (AvgIpc) is 2.92. The van der Waals surface area contributed by atoms with Gasteiger partial charge < -0.3 is 10.6 Å². The molecule has 0 amide bonds. The number of hydrogen-bond donors (Lipinski definition) is 1. The third-order valence-corrected chi connectivity index (χ3v) is 3.93. The van der Waals surface area contributed by atoms with E-state index in [1.807, 2.05) is 4.68 Å². The molecule has 112 valence electrons. The van der Waals surface area contributed by atoms with Gasteiger partial charge in [0.25, 0.3) is 0 Å². The van der Waals surface area contributed by atoms with Crippen LogP contribution in [0.15, 0.2) is 24.3 Å². The predicted molar refractivity (Wildman–Crippen MR) is 81.9 cm³/mol. The Morgan fingerprint density at radius 1 is 1.33 bits per heavy atom. The van der Waals surface area contributed by atoms with Gasteiger partial charge in [-0.15, -0.1) is 5.10 Å². The second-order valence-corrected chi connectivity index (χ2v) is 5.65. The summed E-state index contributed by atoms with van der Waals surface area (Å²) in [7, 11) is 0. The number of aromatic nitrogens is 4. The Hall–Kier alpha value is -1.95. The van der Waals surface area contributed by atoms with Crippen LogP contribution in [-0.4, -0.2) is 32.8 Å². The minimum atomic E-state index is 0.167. The SMILES string of the molecule is CCCCn1nnnc1CN1CC(N)Cc2ccccc21. The van der Waals surface area contributed by atoms with Gasteiger partial charge >= 0.3 is 0 Å². The molecule has 6 heteroatoms. The zero-order chi connectivity index (χ0) is 14.7. The van der Waals surface area contributed by atoms with E-state index in [9.17, 15) is 0 Å². The fourth-order valence-electron chi connectivity index (χ4n) is 2.86. The molecule has 1 aliphatic heterocycles. The van der Waals surface area contributed by atoms with Gasteiger partial charge in [-0.05, 0) is 34.9 Å². The van der Waals surface area contributed by atoms with E-state index < -0.39 is 0 Å². The first-order chi connectivity index (χ1) is 10.3. The van der Waals surface area contributed by atoms with E-state index in [4.69, 9.17) is 5.73 Å². The van der Waals surface area contributed by atoms with Crippen molar-refractivity contribution in [1.29, 1.82) is 0 Å². The van der Waals surface area contributed by atoms with Crippen molar-refractivity contribution in [2.45, 2.75) is 45.3 Å². The molecule has 1 atom stereocenters. The van der Waals surface area contributed by atoms with Gasteiger partial charge in [0.1, 0.15) is 0 Å². The number of unbranched alkanes of at least 4 members (excludes halogenated alkanes) is 1. The number of aryl methyl sites for hydroxylation is 1. The number of rotatable bonds is 5. The van der Waals surface area contributed by atoms with Crippen molar-refractivity contribution < 1.29 is 0 Å². The number of nitrogens with zero attached hydrogens (tertiary/aromatic N) is 5. The molecule has 3 rings (SSSR count). The Labute approximate surface area is 124 Å². The van der Waals surface area contributed by atoms with Crippen molar-refractivity contribution in [2.75, 3.05) is 11.4 Å². The van der Waals surface area contributed by atoms with Crippen LogP contribution in [-0.2, 0) is 19.5 Å². The minimum Gasteiger partial charge on any atom is -0.362 e. The van der Waals surface area contributed by atoms with Gasteiger partial charge in [0, 0.05) is 24.8 Å². The van der Waals surface area contributed by atoms with Crippen LogP contribution in [0.1, 0.15) is 31.2 Å². The quantitative estimate of drug-likeness (QED) is 0.898. The maximum Gasteiger partial charge on any atom is 0.170 e. The molecule has 0 bridgehead atoms. The second kappa shape index (κ2) is 6.22. The molecular formula is C15H22N6. The highest BCUT2D eigenvalue weighted by Crippen LogP contribution is 2.27. The van der Waals surface area contributed by atoms with Gasteiger partial charge in [-0.2, -0.15) is 0 Å². The van der Waals surface area contributed by atoms with Crippen LogP contribution >= 0.6 is 0 Å². The van der Waals surface area contributed by atoms with Gasteiger partial charge in [-0.3, -0.25) is 0 Å². The van der Waals surface area contributed by atoms with Gasteiger partial charge in [-0.1, -0.05) is 31.5 Å². The van der Waals surface area contributed by atoms with Crippen LogP contribution < -0.4 is 10.6 Å². The first kappa shape index (κ1) is 14.0. The van der Waals surface area contributed by atoms with Gasteiger partial charge in [0.2, 0.25) is 0 Å². The van der Waals surface area contributed by atoms with Crippen molar-refractivity contribution in [3.63, 3.8) is 0 Å².